The normalized spacial score (nSPS) is 23.1. The number of hydrogen-bond donors (Lipinski definition) is 2. The number of morpholine rings is 1. The second-order valence-corrected chi connectivity index (χ2v) is 21.8. The molecule has 5 atom stereocenters. The monoisotopic (exact) mass is 1000 g/mol. The number of imidazole rings is 2. The van der Waals surface area contributed by atoms with Gasteiger partial charge in [-0.05, 0) is 123 Å². The van der Waals surface area contributed by atoms with Crippen LogP contribution in [0.15, 0.2) is 60.8 Å². The average molecular weight is 1000 g/mol. The summed E-state index contributed by atoms with van der Waals surface area (Å²) in [6.45, 7) is 5.42. The van der Waals surface area contributed by atoms with Gasteiger partial charge in [0.05, 0.1) is 55.4 Å². The molecular formula is C56H61FN12O5. The number of carbonyl (C=O) groups is 2. The van der Waals surface area contributed by atoms with Crippen molar-refractivity contribution in [1.82, 2.24) is 58.6 Å². The van der Waals surface area contributed by atoms with Crippen molar-refractivity contribution in [3.05, 3.63) is 83.3 Å². The van der Waals surface area contributed by atoms with Gasteiger partial charge >= 0.3 is 0 Å². The molecule has 0 spiro atoms. The van der Waals surface area contributed by atoms with Gasteiger partial charge in [-0.2, -0.15) is 4.98 Å². The summed E-state index contributed by atoms with van der Waals surface area (Å²) in [5.74, 6) is 3.37. The minimum atomic E-state index is -0.473. The molecule has 18 heteroatoms. The van der Waals surface area contributed by atoms with E-state index in [1.54, 1.807) is 24.9 Å². The zero-order valence-corrected chi connectivity index (χ0v) is 42.3. The molecule has 4 saturated heterocycles. The van der Waals surface area contributed by atoms with Crippen molar-refractivity contribution in [2.75, 3.05) is 53.6 Å². The Morgan fingerprint density at radius 2 is 1.49 bits per heavy atom. The SMILES string of the molecule is COc1ccc2cc(-c3nc4cc(C(=O)N5CC[C@H]6CC(c7cnc8c(c7)cc(-c7nc9cc(C(=O)N%10CCO[C@@H]%11CCNC[C@@H]%11%10)cc(OC)c9n7C)n8CC7CC7)N[C@H]6C5)cc(F)c4n3C)n(CC3CC3)c2n1. The summed E-state index contributed by atoms with van der Waals surface area (Å²) < 4.78 is 42.2. The molecule has 6 aliphatic rings. The topological polar surface area (TPSA) is 164 Å². The predicted molar refractivity (Wildman–Crippen MR) is 278 cm³/mol. The number of benzene rings is 2. The second-order valence-electron chi connectivity index (χ2n) is 21.8. The quantitative estimate of drug-likeness (QED) is 0.134. The van der Waals surface area contributed by atoms with Crippen LogP contribution in [0.3, 0.4) is 0 Å². The largest absolute Gasteiger partial charge is 0.494 e. The molecular weight excluding hydrogens is 940 g/mol. The molecule has 14 rings (SSSR count). The van der Waals surface area contributed by atoms with Gasteiger partial charge in [0.25, 0.3) is 11.8 Å². The smallest absolute Gasteiger partial charge is 0.254 e. The Hall–Kier alpha value is -6.89. The molecule has 6 aromatic heterocycles. The van der Waals surface area contributed by atoms with E-state index in [1.165, 1.54) is 18.9 Å². The molecule has 2 saturated carbocycles. The third kappa shape index (κ3) is 7.64. The standard InChI is InChI=1S/C56H61FN12O5/c1-64-49-38(57)18-35(20-40(49)61-53(64)43-22-33-9-10-48(73-4)63-52(33)69(43)28-31-7-8-31)55(70)66-14-12-32-19-39(60-42(32)29-66)37-17-34-23-44(68(27-30-5-6-30)51(34)59-25-37)54-62-41-21-36(24-47(72-3)50(41)65(54)2)56(71)67-15-16-74-46-11-13-58-26-45(46)67/h9-10,17-18,20-25,30-32,39,42,45-46,58,60H,5-8,11-16,19,26-29H2,1-4H3/t32-,39?,42-,45-,46+/m0/s1. The fraction of sp³-hybridized carbons (Fsp3) is 0.464. The Balaban J connectivity index is 0.717. The Labute approximate surface area is 427 Å². The maximum absolute atomic E-state index is 16.3. The minimum Gasteiger partial charge on any atom is -0.494 e. The van der Waals surface area contributed by atoms with Crippen molar-refractivity contribution in [1.29, 1.82) is 0 Å². The number of rotatable bonds is 11. The number of nitrogens with one attached hydrogen (secondary N) is 2. The zero-order valence-electron chi connectivity index (χ0n) is 42.3. The van der Waals surface area contributed by atoms with E-state index in [2.05, 4.69) is 42.5 Å². The first-order chi connectivity index (χ1) is 36.1. The number of fused-ring (bicyclic) bond motifs is 6. The molecule has 4 aliphatic heterocycles. The fourth-order valence-electron chi connectivity index (χ4n) is 12.8. The van der Waals surface area contributed by atoms with Gasteiger partial charge in [0.2, 0.25) is 5.88 Å². The number of hydrogen-bond acceptors (Lipinski definition) is 11. The van der Waals surface area contributed by atoms with Gasteiger partial charge < -0.3 is 52.9 Å². The number of amides is 2. The van der Waals surface area contributed by atoms with Crippen molar-refractivity contribution in [3.8, 4) is 34.7 Å². The summed E-state index contributed by atoms with van der Waals surface area (Å²) in [5, 5.41) is 9.34. The third-order valence-electron chi connectivity index (χ3n) is 17.1. The third-order valence-corrected chi connectivity index (χ3v) is 17.1. The molecule has 0 radical (unpaired) electrons. The van der Waals surface area contributed by atoms with Crippen LogP contribution >= 0.6 is 0 Å². The van der Waals surface area contributed by atoms with E-state index in [0.717, 1.165) is 102 Å². The number of carbonyl (C=O) groups excluding carboxylic acids is 2. The van der Waals surface area contributed by atoms with Crippen LogP contribution in [0.4, 0.5) is 4.39 Å². The van der Waals surface area contributed by atoms with Gasteiger partial charge in [0, 0.05) is 99.6 Å². The molecule has 6 fully saturated rings. The van der Waals surface area contributed by atoms with E-state index in [4.69, 9.17) is 34.1 Å². The molecule has 382 valence electrons. The van der Waals surface area contributed by atoms with E-state index < -0.39 is 5.82 Å². The van der Waals surface area contributed by atoms with Gasteiger partial charge in [0.15, 0.2) is 11.6 Å². The van der Waals surface area contributed by atoms with Crippen LogP contribution in [0.25, 0.3) is 67.2 Å². The number of piperidine rings is 2. The maximum Gasteiger partial charge on any atom is 0.254 e. The highest BCUT2D eigenvalue weighted by Gasteiger charge is 2.41. The molecule has 10 heterocycles. The Morgan fingerprint density at radius 1 is 0.770 bits per heavy atom. The molecule has 17 nitrogen and oxygen atoms in total. The highest BCUT2D eigenvalue weighted by molar-refractivity contribution is 6.01. The zero-order chi connectivity index (χ0) is 50.1. The Morgan fingerprint density at radius 3 is 2.23 bits per heavy atom. The number of nitrogens with zero attached hydrogens (tertiary/aromatic N) is 10. The predicted octanol–water partition coefficient (Wildman–Crippen LogP) is 7.24. The van der Waals surface area contributed by atoms with E-state index in [1.807, 2.05) is 54.4 Å². The lowest BCUT2D eigenvalue weighted by atomic mass is 9.90. The van der Waals surface area contributed by atoms with Crippen LogP contribution in [-0.2, 0) is 31.9 Å². The summed E-state index contributed by atoms with van der Waals surface area (Å²) in [6.07, 6.45) is 9.39. The van der Waals surface area contributed by atoms with Gasteiger partial charge in [-0.15, -0.1) is 0 Å². The molecule has 0 bridgehead atoms. The molecule has 74 heavy (non-hydrogen) atoms. The molecule has 8 aromatic rings. The summed E-state index contributed by atoms with van der Waals surface area (Å²) in [5.41, 5.74) is 7.88. The molecule has 2 amide bonds. The molecule has 2 aliphatic carbocycles. The number of likely N-dealkylation sites (tertiary alicyclic amines) is 1. The van der Waals surface area contributed by atoms with Crippen molar-refractivity contribution in [2.24, 2.45) is 31.8 Å². The number of methoxy groups -OCH3 is 2. The average Bonchev–Trinajstić information content (AvgIpc) is 4.23. The summed E-state index contributed by atoms with van der Waals surface area (Å²) >= 11 is 0. The van der Waals surface area contributed by atoms with Crippen molar-refractivity contribution < 1.29 is 28.2 Å². The van der Waals surface area contributed by atoms with Crippen LogP contribution in [0.1, 0.15) is 77.3 Å². The van der Waals surface area contributed by atoms with Crippen LogP contribution in [0, 0.1) is 23.6 Å². The first-order valence-corrected chi connectivity index (χ1v) is 26.5. The van der Waals surface area contributed by atoms with Crippen LogP contribution in [0.2, 0.25) is 0 Å². The summed E-state index contributed by atoms with van der Waals surface area (Å²) in [6, 6.07) is 17.4. The molecule has 1 unspecified atom stereocenters. The Bertz CT molecular complexity index is 3590. The fourth-order valence-corrected chi connectivity index (χ4v) is 12.8. The first-order valence-electron chi connectivity index (χ1n) is 26.5. The molecule has 2 aromatic carbocycles. The van der Waals surface area contributed by atoms with Crippen molar-refractivity contribution >= 4 is 55.9 Å². The molecule has 2 N–H and O–H groups in total. The van der Waals surface area contributed by atoms with E-state index in [-0.39, 0.29) is 36.0 Å². The lowest BCUT2D eigenvalue weighted by molar-refractivity contribution is -0.0699. The number of pyridine rings is 2. The number of halogens is 1. The lowest BCUT2D eigenvalue weighted by Gasteiger charge is -2.44. The van der Waals surface area contributed by atoms with Gasteiger partial charge in [-0.1, -0.05) is 0 Å². The lowest BCUT2D eigenvalue weighted by Crippen LogP contribution is -2.60. The highest BCUT2D eigenvalue weighted by Crippen LogP contribution is 2.42. The summed E-state index contributed by atoms with van der Waals surface area (Å²) in [4.78, 5) is 52.6. The maximum atomic E-state index is 16.3. The number of aromatic nitrogens is 8. The number of ether oxygens (including phenoxy) is 3. The van der Waals surface area contributed by atoms with Gasteiger partial charge in [-0.3, -0.25) is 9.59 Å². The van der Waals surface area contributed by atoms with Gasteiger partial charge in [0.1, 0.15) is 33.9 Å². The summed E-state index contributed by atoms with van der Waals surface area (Å²) in [7, 11) is 7.11. The van der Waals surface area contributed by atoms with E-state index in [0.29, 0.717) is 95.7 Å². The van der Waals surface area contributed by atoms with Crippen LogP contribution < -0.4 is 20.1 Å². The van der Waals surface area contributed by atoms with E-state index >= 15 is 4.39 Å². The Kier molecular flexibility index (Phi) is 10.9. The van der Waals surface area contributed by atoms with E-state index in [9.17, 15) is 9.59 Å². The number of aryl methyl sites for hydroxylation is 2. The first kappa shape index (κ1) is 45.7. The second kappa shape index (κ2) is 17.6. The van der Waals surface area contributed by atoms with Crippen molar-refractivity contribution in [3.63, 3.8) is 0 Å². The van der Waals surface area contributed by atoms with Crippen LogP contribution in [-0.4, -0.2) is 132 Å². The van der Waals surface area contributed by atoms with Crippen molar-refractivity contribution in [2.45, 2.75) is 82.3 Å². The van der Waals surface area contributed by atoms with Gasteiger partial charge in [-0.25, -0.2) is 19.3 Å². The minimum absolute atomic E-state index is 0.0153. The highest BCUT2D eigenvalue weighted by atomic mass is 19.1. The van der Waals surface area contributed by atoms with Crippen LogP contribution in [0.5, 0.6) is 11.6 Å².